The molecule has 0 atom stereocenters. The molecule has 4 heteroatoms. The Kier molecular flexibility index (Phi) is 2.39. The van der Waals surface area contributed by atoms with Gasteiger partial charge >= 0.3 is 0 Å². The van der Waals surface area contributed by atoms with E-state index in [9.17, 15) is 0 Å². The number of rotatable bonds is 1. The zero-order valence-corrected chi connectivity index (χ0v) is 10.6. The summed E-state index contributed by atoms with van der Waals surface area (Å²) in [6, 6.07) is 9.87. The van der Waals surface area contributed by atoms with E-state index in [2.05, 4.69) is 26.0 Å². The van der Waals surface area contributed by atoms with E-state index in [1.807, 2.05) is 30.5 Å². The van der Waals surface area contributed by atoms with E-state index in [-0.39, 0.29) is 0 Å². The smallest absolute Gasteiger partial charge is 0.0892 e. The number of pyridine rings is 4. The van der Waals surface area contributed by atoms with Crippen molar-refractivity contribution in [3.63, 3.8) is 0 Å². The predicted molar refractivity (Wildman–Crippen MR) is 78.1 cm³/mol. The second kappa shape index (κ2) is 4.35. The summed E-state index contributed by atoms with van der Waals surface area (Å²) >= 11 is 0. The standard InChI is InChI=1S/C16H10N4/c1-2-14-15(18-5-1)8-11(9-20-14)12-4-7-19-16-10-17-6-3-13(12)16/h1-10H. The van der Waals surface area contributed by atoms with Crippen molar-refractivity contribution in [2.75, 3.05) is 0 Å². The van der Waals surface area contributed by atoms with E-state index >= 15 is 0 Å². The average Bonchev–Trinajstić information content (AvgIpc) is 2.54. The fourth-order valence-corrected chi connectivity index (χ4v) is 2.35. The molecule has 4 aromatic heterocycles. The Hall–Kier alpha value is -2.88. The van der Waals surface area contributed by atoms with E-state index in [0.717, 1.165) is 33.1 Å². The van der Waals surface area contributed by atoms with Gasteiger partial charge in [-0.15, -0.1) is 0 Å². The van der Waals surface area contributed by atoms with E-state index in [0.29, 0.717) is 0 Å². The van der Waals surface area contributed by atoms with Crippen molar-refractivity contribution in [3.8, 4) is 11.1 Å². The molecular weight excluding hydrogens is 248 g/mol. The maximum absolute atomic E-state index is 4.47. The van der Waals surface area contributed by atoms with E-state index in [1.54, 1.807) is 24.8 Å². The van der Waals surface area contributed by atoms with Crippen molar-refractivity contribution in [2.24, 2.45) is 0 Å². The molecule has 0 saturated heterocycles. The molecule has 0 saturated carbocycles. The molecule has 4 heterocycles. The number of hydrogen-bond donors (Lipinski definition) is 0. The van der Waals surface area contributed by atoms with Gasteiger partial charge in [0.1, 0.15) is 0 Å². The highest BCUT2D eigenvalue weighted by atomic mass is 14.7. The second-order valence-electron chi connectivity index (χ2n) is 4.52. The summed E-state index contributed by atoms with van der Waals surface area (Å²) in [6.07, 6.45) is 9.00. The molecule has 20 heavy (non-hydrogen) atoms. The van der Waals surface area contributed by atoms with Crippen LogP contribution in [0.1, 0.15) is 0 Å². The SMILES string of the molecule is c1cnc2cc(-c3ccnc4cnccc34)cnc2c1. The van der Waals surface area contributed by atoms with Gasteiger partial charge in [0.2, 0.25) is 0 Å². The largest absolute Gasteiger partial charge is 0.262 e. The van der Waals surface area contributed by atoms with Gasteiger partial charge in [0, 0.05) is 35.7 Å². The van der Waals surface area contributed by atoms with Crippen LogP contribution in [0.5, 0.6) is 0 Å². The number of fused-ring (bicyclic) bond motifs is 2. The molecule has 0 spiro atoms. The Labute approximate surface area is 115 Å². The first kappa shape index (κ1) is 11.0. The summed E-state index contributed by atoms with van der Waals surface area (Å²) in [4.78, 5) is 17.3. The van der Waals surface area contributed by atoms with Crippen LogP contribution >= 0.6 is 0 Å². The minimum absolute atomic E-state index is 0.881. The van der Waals surface area contributed by atoms with Gasteiger partial charge in [0.25, 0.3) is 0 Å². The number of aromatic nitrogens is 4. The first-order valence-corrected chi connectivity index (χ1v) is 6.32. The molecule has 4 aromatic rings. The monoisotopic (exact) mass is 258 g/mol. The summed E-state index contributed by atoms with van der Waals surface area (Å²) in [7, 11) is 0. The van der Waals surface area contributed by atoms with Gasteiger partial charge in [-0.05, 0) is 35.9 Å². The summed E-state index contributed by atoms with van der Waals surface area (Å²) in [6.45, 7) is 0. The second-order valence-corrected chi connectivity index (χ2v) is 4.52. The highest BCUT2D eigenvalue weighted by Gasteiger charge is 2.06. The Morgan fingerprint density at radius 2 is 1.65 bits per heavy atom. The van der Waals surface area contributed by atoms with Gasteiger partial charge < -0.3 is 0 Å². The maximum atomic E-state index is 4.47. The van der Waals surface area contributed by atoms with Crippen LogP contribution in [-0.4, -0.2) is 19.9 Å². The minimum Gasteiger partial charge on any atom is -0.262 e. The number of nitrogens with zero attached hydrogens (tertiary/aromatic N) is 4. The van der Waals surface area contributed by atoms with E-state index in [4.69, 9.17) is 0 Å². The molecule has 0 amide bonds. The normalized spacial score (nSPS) is 11.0. The van der Waals surface area contributed by atoms with Crippen LogP contribution in [0.4, 0.5) is 0 Å². The van der Waals surface area contributed by atoms with Crippen molar-refractivity contribution in [1.82, 2.24) is 19.9 Å². The van der Waals surface area contributed by atoms with Crippen LogP contribution in [0.2, 0.25) is 0 Å². The van der Waals surface area contributed by atoms with Gasteiger partial charge in [0.05, 0.1) is 22.7 Å². The third kappa shape index (κ3) is 1.70. The molecule has 0 aliphatic heterocycles. The minimum atomic E-state index is 0.881. The first-order chi connectivity index (χ1) is 9.92. The lowest BCUT2D eigenvalue weighted by molar-refractivity contribution is 1.31. The van der Waals surface area contributed by atoms with Crippen molar-refractivity contribution >= 4 is 21.9 Å². The highest BCUT2D eigenvalue weighted by molar-refractivity contribution is 5.95. The predicted octanol–water partition coefficient (Wildman–Crippen LogP) is 3.24. The lowest BCUT2D eigenvalue weighted by atomic mass is 10.0. The molecule has 4 nitrogen and oxygen atoms in total. The maximum Gasteiger partial charge on any atom is 0.0892 e. The fourth-order valence-electron chi connectivity index (χ4n) is 2.35. The molecule has 0 unspecified atom stereocenters. The van der Waals surface area contributed by atoms with Crippen LogP contribution in [0.3, 0.4) is 0 Å². The van der Waals surface area contributed by atoms with Crippen LogP contribution in [0, 0.1) is 0 Å². The third-order valence-electron chi connectivity index (χ3n) is 3.31. The molecule has 0 radical (unpaired) electrons. The zero-order valence-electron chi connectivity index (χ0n) is 10.6. The van der Waals surface area contributed by atoms with Crippen LogP contribution in [0.15, 0.2) is 61.3 Å². The molecule has 0 aliphatic carbocycles. The van der Waals surface area contributed by atoms with Crippen molar-refractivity contribution in [1.29, 1.82) is 0 Å². The molecule has 0 aliphatic rings. The van der Waals surface area contributed by atoms with Gasteiger partial charge in [-0.3, -0.25) is 19.9 Å². The first-order valence-electron chi connectivity index (χ1n) is 6.32. The van der Waals surface area contributed by atoms with Crippen LogP contribution < -0.4 is 0 Å². The molecule has 0 N–H and O–H groups in total. The van der Waals surface area contributed by atoms with Crippen molar-refractivity contribution in [3.05, 3.63) is 61.3 Å². The van der Waals surface area contributed by atoms with Gasteiger partial charge in [-0.2, -0.15) is 0 Å². The summed E-state index contributed by atoms with van der Waals surface area (Å²) in [5.74, 6) is 0. The summed E-state index contributed by atoms with van der Waals surface area (Å²) in [5, 5.41) is 1.07. The van der Waals surface area contributed by atoms with Crippen LogP contribution in [-0.2, 0) is 0 Å². The Bertz CT molecular complexity index is 913. The Balaban J connectivity index is 2.01. The van der Waals surface area contributed by atoms with Gasteiger partial charge in [-0.1, -0.05) is 0 Å². The van der Waals surface area contributed by atoms with E-state index < -0.39 is 0 Å². The zero-order chi connectivity index (χ0) is 13.4. The topological polar surface area (TPSA) is 51.6 Å². The molecular formula is C16H10N4. The summed E-state index contributed by atoms with van der Waals surface area (Å²) < 4.78 is 0. The fraction of sp³-hybridized carbons (Fsp3) is 0. The lowest BCUT2D eigenvalue weighted by Gasteiger charge is -2.06. The summed E-state index contributed by atoms with van der Waals surface area (Å²) in [5.41, 5.74) is 4.80. The molecule has 0 bridgehead atoms. The quantitative estimate of drug-likeness (QED) is 0.526. The Morgan fingerprint density at radius 1 is 0.700 bits per heavy atom. The molecule has 4 rings (SSSR count). The van der Waals surface area contributed by atoms with Crippen LogP contribution in [0.25, 0.3) is 33.1 Å². The lowest BCUT2D eigenvalue weighted by Crippen LogP contribution is -1.88. The van der Waals surface area contributed by atoms with Crippen molar-refractivity contribution < 1.29 is 0 Å². The average molecular weight is 258 g/mol. The Morgan fingerprint density at radius 3 is 2.65 bits per heavy atom. The molecule has 94 valence electrons. The van der Waals surface area contributed by atoms with Gasteiger partial charge in [0.15, 0.2) is 0 Å². The third-order valence-corrected chi connectivity index (χ3v) is 3.31. The number of hydrogen-bond acceptors (Lipinski definition) is 4. The molecule has 0 fully saturated rings. The molecule has 0 aromatic carbocycles. The van der Waals surface area contributed by atoms with E-state index in [1.165, 1.54) is 0 Å². The highest BCUT2D eigenvalue weighted by Crippen LogP contribution is 2.27. The van der Waals surface area contributed by atoms with Crippen molar-refractivity contribution in [2.45, 2.75) is 0 Å². The van der Waals surface area contributed by atoms with Gasteiger partial charge in [-0.25, -0.2) is 0 Å².